The molecule has 0 amide bonds. The van der Waals surface area contributed by atoms with Gasteiger partial charge in [0.15, 0.2) is 0 Å². The van der Waals surface area contributed by atoms with Crippen LogP contribution < -0.4 is 5.73 Å². The molecule has 4 heteroatoms. The molecule has 0 saturated carbocycles. The molecule has 1 saturated heterocycles. The maximum Gasteiger partial charge on any atom is 0.132 e. The number of hydrogen-bond acceptors (Lipinski definition) is 3. The molecule has 18 heavy (non-hydrogen) atoms. The summed E-state index contributed by atoms with van der Waals surface area (Å²) in [4.78, 5) is 2.23. The van der Waals surface area contributed by atoms with E-state index in [-0.39, 0.29) is 24.6 Å². The molecule has 0 bridgehead atoms. The van der Waals surface area contributed by atoms with Gasteiger partial charge in [-0.1, -0.05) is 18.2 Å². The monoisotopic (exact) mass is 252 g/mol. The van der Waals surface area contributed by atoms with Crippen molar-refractivity contribution in [1.82, 2.24) is 4.90 Å². The van der Waals surface area contributed by atoms with Crippen LogP contribution in [0.2, 0.25) is 0 Å². The van der Waals surface area contributed by atoms with Crippen molar-refractivity contribution in [2.45, 2.75) is 39.1 Å². The summed E-state index contributed by atoms with van der Waals surface area (Å²) >= 11 is 0. The maximum atomic E-state index is 14.1. The van der Waals surface area contributed by atoms with E-state index in [1.165, 1.54) is 0 Å². The lowest BCUT2D eigenvalue weighted by atomic mass is 10.1. The molecular formula is C14H21FN2O. The van der Waals surface area contributed by atoms with Crippen LogP contribution >= 0.6 is 0 Å². The molecular weight excluding hydrogens is 231 g/mol. The minimum absolute atomic E-state index is 0.160. The van der Waals surface area contributed by atoms with E-state index in [4.69, 9.17) is 10.5 Å². The molecule has 0 aliphatic carbocycles. The zero-order valence-electron chi connectivity index (χ0n) is 11.0. The van der Waals surface area contributed by atoms with Crippen molar-refractivity contribution in [3.63, 3.8) is 0 Å². The van der Waals surface area contributed by atoms with Gasteiger partial charge in [-0.3, -0.25) is 4.90 Å². The maximum absolute atomic E-state index is 14.1. The first-order valence-corrected chi connectivity index (χ1v) is 6.44. The van der Waals surface area contributed by atoms with Crippen LogP contribution in [0.4, 0.5) is 4.39 Å². The Morgan fingerprint density at radius 2 is 1.89 bits per heavy atom. The Hall–Kier alpha value is -0.970. The van der Waals surface area contributed by atoms with Crippen molar-refractivity contribution in [3.8, 4) is 0 Å². The van der Waals surface area contributed by atoms with Crippen LogP contribution in [0, 0.1) is 5.82 Å². The van der Waals surface area contributed by atoms with Gasteiger partial charge in [0.05, 0.1) is 12.2 Å². The van der Waals surface area contributed by atoms with Crippen molar-refractivity contribution in [2.75, 3.05) is 13.1 Å². The van der Waals surface area contributed by atoms with Gasteiger partial charge in [-0.15, -0.1) is 0 Å². The largest absolute Gasteiger partial charge is 0.373 e. The quantitative estimate of drug-likeness (QED) is 0.893. The Labute approximate surface area is 108 Å². The second-order valence-corrected chi connectivity index (χ2v) is 5.05. The molecule has 3 nitrogen and oxygen atoms in total. The molecule has 2 rings (SSSR count). The number of nitrogens with zero attached hydrogens (tertiary/aromatic N) is 1. The highest BCUT2D eigenvalue weighted by molar-refractivity contribution is 5.25. The van der Waals surface area contributed by atoms with E-state index in [2.05, 4.69) is 18.7 Å². The molecule has 0 spiro atoms. The Bertz CT molecular complexity index is 401. The van der Waals surface area contributed by atoms with Crippen molar-refractivity contribution < 1.29 is 9.13 Å². The molecule has 2 atom stereocenters. The summed E-state index contributed by atoms with van der Waals surface area (Å²) in [7, 11) is 0. The third-order valence-electron chi connectivity index (χ3n) is 3.27. The third kappa shape index (κ3) is 3.07. The third-order valence-corrected chi connectivity index (χ3v) is 3.27. The zero-order chi connectivity index (χ0) is 13.1. The highest BCUT2D eigenvalue weighted by Gasteiger charge is 2.23. The van der Waals surface area contributed by atoms with Crippen LogP contribution in [-0.4, -0.2) is 30.2 Å². The van der Waals surface area contributed by atoms with Crippen molar-refractivity contribution in [3.05, 3.63) is 35.1 Å². The van der Waals surface area contributed by atoms with Crippen LogP contribution in [0.15, 0.2) is 18.2 Å². The first-order valence-electron chi connectivity index (χ1n) is 6.44. The summed E-state index contributed by atoms with van der Waals surface area (Å²) in [6, 6.07) is 5.44. The number of ether oxygens (including phenoxy) is 1. The number of halogens is 1. The van der Waals surface area contributed by atoms with E-state index in [1.807, 2.05) is 12.1 Å². The number of nitrogens with two attached hydrogens (primary N) is 1. The standard InChI is InChI=1S/C14H21FN2O/c1-10-7-17(8-11(2)18-10)9-13-5-3-4-12(6-16)14(13)15/h3-5,10-11H,6-9,16H2,1-2H3/t10-,11+. The fourth-order valence-electron chi connectivity index (χ4n) is 2.57. The molecule has 100 valence electrons. The van der Waals surface area contributed by atoms with E-state index >= 15 is 0 Å². The fraction of sp³-hybridized carbons (Fsp3) is 0.571. The van der Waals surface area contributed by atoms with E-state index in [1.54, 1.807) is 6.07 Å². The highest BCUT2D eigenvalue weighted by atomic mass is 19.1. The van der Waals surface area contributed by atoms with Crippen LogP contribution in [-0.2, 0) is 17.8 Å². The fourth-order valence-corrected chi connectivity index (χ4v) is 2.57. The number of morpholine rings is 1. The molecule has 1 aliphatic heterocycles. The molecule has 0 aromatic heterocycles. The van der Waals surface area contributed by atoms with Gasteiger partial charge in [0.2, 0.25) is 0 Å². The lowest BCUT2D eigenvalue weighted by Gasteiger charge is -2.35. The van der Waals surface area contributed by atoms with Crippen LogP contribution in [0.3, 0.4) is 0 Å². The molecule has 1 heterocycles. The summed E-state index contributed by atoms with van der Waals surface area (Å²) in [6.45, 7) is 6.66. The molecule has 1 aromatic carbocycles. The Morgan fingerprint density at radius 3 is 2.50 bits per heavy atom. The van der Waals surface area contributed by atoms with Gasteiger partial charge < -0.3 is 10.5 Å². The lowest BCUT2D eigenvalue weighted by Crippen LogP contribution is -2.44. The van der Waals surface area contributed by atoms with Gasteiger partial charge in [0.1, 0.15) is 5.82 Å². The van der Waals surface area contributed by atoms with Gasteiger partial charge in [0.25, 0.3) is 0 Å². The molecule has 0 unspecified atom stereocenters. The molecule has 1 aliphatic rings. The first-order chi connectivity index (χ1) is 8.60. The smallest absolute Gasteiger partial charge is 0.132 e. The van der Waals surface area contributed by atoms with Gasteiger partial charge in [-0.05, 0) is 13.8 Å². The summed E-state index contributed by atoms with van der Waals surface area (Å²) in [6.07, 6.45) is 0.406. The number of hydrogen-bond donors (Lipinski definition) is 1. The predicted octanol–water partition coefficient (Wildman–Crippen LogP) is 1.89. The Morgan fingerprint density at radius 1 is 1.28 bits per heavy atom. The van der Waals surface area contributed by atoms with Gasteiger partial charge in [-0.2, -0.15) is 0 Å². The SMILES string of the molecule is C[C@@H]1CN(Cc2cccc(CN)c2F)C[C@H](C)O1. The Kier molecular flexibility index (Phi) is 4.32. The average molecular weight is 252 g/mol. The molecule has 1 aromatic rings. The van der Waals surface area contributed by atoms with Gasteiger partial charge >= 0.3 is 0 Å². The van der Waals surface area contributed by atoms with Crippen molar-refractivity contribution in [2.24, 2.45) is 5.73 Å². The minimum Gasteiger partial charge on any atom is -0.373 e. The van der Waals surface area contributed by atoms with E-state index < -0.39 is 0 Å². The van der Waals surface area contributed by atoms with E-state index in [0.717, 1.165) is 18.7 Å². The molecule has 2 N–H and O–H groups in total. The van der Waals surface area contributed by atoms with Gasteiger partial charge in [0, 0.05) is 37.3 Å². The predicted molar refractivity (Wildman–Crippen MR) is 69.6 cm³/mol. The van der Waals surface area contributed by atoms with E-state index in [0.29, 0.717) is 12.1 Å². The zero-order valence-corrected chi connectivity index (χ0v) is 11.0. The second-order valence-electron chi connectivity index (χ2n) is 5.05. The van der Waals surface area contributed by atoms with Crippen molar-refractivity contribution >= 4 is 0 Å². The summed E-state index contributed by atoms with van der Waals surface area (Å²) in [5.74, 6) is -0.160. The van der Waals surface area contributed by atoms with Crippen molar-refractivity contribution in [1.29, 1.82) is 0 Å². The number of rotatable bonds is 3. The van der Waals surface area contributed by atoms with Crippen LogP contribution in [0.1, 0.15) is 25.0 Å². The summed E-state index contributed by atoms with van der Waals surface area (Å²) in [5, 5.41) is 0. The number of benzene rings is 1. The minimum atomic E-state index is -0.160. The van der Waals surface area contributed by atoms with Crippen LogP contribution in [0.25, 0.3) is 0 Å². The summed E-state index contributed by atoms with van der Waals surface area (Å²) in [5.41, 5.74) is 6.83. The second kappa shape index (κ2) is 5.78. The lowest BCUT2D eigenvalue weighted by molar-refractivity contribution is -0.0707. The van der Waals surface area contributed by atoms with E-state index in [9.17, 15) is 4.39 Å². The highest BCUT2D eigenvalue weighted by Crippen LogP contribution is 2.18. The molecule has 1 fully saturated rings. The molecule has 0 radical (unpaired) electrons. The summed E-state index contributed by atoms with van der Waals surface area (Å²) < 4.78 is 19.8. The topological polar surface area (TPSA) is 38.5 Å². The van der Waals surface area contributed by atoms with Crippen LogP contribution in [0.5, 0.6) is 0 Å². The average Bonchev–Trinajstić information content (AvgIpc) is 2.30. The normalized spacial score (nSPS) is 25.3. The first kappa shape index (κ1) is 13.5. The van der Waals surface area contributed by atoms with Gasteiger partial charge in [-0.25, -0.2) is 4.39 Å². The Balaban J connectivity index is 2.09.